The van der Waals surface area contributed by atoms with Gasteiger partial charge in [0, 0.05) is 0 Å². The van der Waals surface area contributed by atoms with Gasteiger partial charge in [-0.2, -0.15) is 0 Å². The molecule has 0 bridgehead atoms. The van der Waals surface area contributed by atoms with Gasteiger partial charge in [-0.25, -0.2) is 0 Å². The molecule has 56 valence electrons. The Morgan fingerprint density at radius 1 is 1.40 bits per heavy atom. The lowest BCUT2D eigenvalue weighted by Gasteiger charge is -2.07. The Labute approximate surface area is 63.3 Å². The lowest BCUT2D eigenvalue weighted by Crippen LogP contribution is -1.97. The molecule has 0 aromatic heterocycles. The average molecular weight is 136 g/mol. The Morgan fingerprint density at radius 2 is 2.30 bits per heavy atom. The molecule has 0 saturated heterocycles. The van der Waals surface area contributed by atoms with E-state index in [2.05, 4.69) is 19.1 Å². The first kappa shape index (κ1) is 6.45. The van der Waals surface area contributed by atoms with Crippen molar-refractivity contribution in [3.05, 3.63) is 12.2 Å². The van der Waals surface area contributed by atoms with E-state index in [0.29, 0.717) is 0 Å². The molecule has 2 aliphatic rings. The molecule has 1 saturated carbocycles. The minimum atomic E-state index is 0.880. The van der Waals surface area contributed by atoms with Gasteiger partial charge in [0.05, 0.1) is 0 Å². The summed E-state index contributed by atoms with van der Waals surface area (Å²) in [7, 11) is 0. The summed E-state index contributed by atoms with van der Waals surface area (Å²) in [6, 6.07) is 0. The summed E-state index contributed by atoms with van der Waals surface area (Å²) in [6.07, 6.45) is 10.6. The Balaban J connectivity index is 2.01. The van der Waals surface area contributed by atoms with Crippen LogP contribution in [0.3, 0.4) is 0 Å². The van der Waals surface area contributed by atoms with Crippen molar-refractivity contribution in [2.75, 3.05) is 0 Å². The number of hydrogen-bond donors (Lipinski definition) is 0. The highest BCUT2D eigenvalue weighted by atomic mass is 14.4. The highest BCUT2D eigenvalue weighted by Gasteiger charge is 2.39. The van der Waals surface area contributed by atoms with Gasteiger partial charge >= 0.3 is 0 Å². The van der Waals surface area contributed by atoms with E-state index in [9.17, 15) is 0 Å². The third-order valence-electron chi connectivity index (χ3n) is 3.04. The van der Waals surface area contributed by atoms with Crippen LogP contribution in [-0.4, -0.2) is 0 Å². The van der Waals surface area contributed by atoms with Crippen molar-refractivity contribution < 1.29 is 0 Å². The van der Waals surface area contributed by atoms with E-state index in [1.54, 1.807) is 0 Å². The molecule has 0 N–H and O–H groups in total. The van der Waals surface area contributed by atoms with Gasteiger partial charge in [-0.1, -0.05) is 19.1 Å². The van der Waals surface area contributed by atoms with E-state index in [1.807, 2.05) is 0 Å². The summed E-state index contributed by atoms with van der Waals surface area (Å²) in [5, 5.41) is 0. The lowest BCUT2D eigenvalue weighted by molar-refractivity contribution is 0.522. The molecule has 0 nitrogen and oxygen atoms in total. The van der Waals surface area contributed by atoms with Crippen molar-refractivity contribution in [2.24, 2.45) is 17.8 Å². The molecule has 0 heteroatoms. The molecule has 0 aromatic rings. The second kappa shape index (κ2) is 2.41. The fourth-order valence-corrected chi connectivity index (χ4v) is 2.20. The molecule has 0 radical (unpaired) electrons. The number of rotatable bonds is 0. The zero-order valence-corrected chi connectivity index (χ0v) is 6.72. The molecule has 2 rings (SSSR count). The Kier molecular flexibility index (Phi) is 1.55. The van der Waals surface area contributed by atoms with Gasteiger partial charge in [-0.3, -0.25) is 0 Å². The third kappa shape index (κ3) is 1.12. The Morgan fingerprint density at radius 3 is 3.20 bits per heavy atom. The molecule has 2 aliphatic carbocycles. The van der Waals surface area contributed by atoms with E-state index in [0.717, 1.165) is 17.8 Å². The van der Waals surface area contributed by atoms with Gasteiger partial charge in [-0.05, 0) is 43.4 Å². The van der Waals surface area contributed by atoms with Crippen LogP contribution in [0.1, 0.15) is 32.6 Å². The van der Waals surface area contributed by atoms with E-state index in [-0.39, 0.29) is 0 Å². The summed E-state index contributed by atoms with van der Waals surface area (Å²) >= 11 is 0. The van der Waals surface area contributed by atoms with E-state index < -0.39 is 0 Å². The van der Waals surface area contributed by atoms with E-state index in [4.69, 9.17) is 0 Å². The molecular weight excluding hydrogens is 120 g/mol. The maximum Gasteiger partial charge on any atom is -0.0231 e. The van der Waals surface area contributed by atoms with Gasteiger partial charge in [0.2, 0.25) is 0 Å². The predicted molar refractivity (Wildman–Crippen MR) is 43.8 cm³/mol. The van der Waals surface area contributed by atoms with Crippen LogP contribution < -0.4 is 0 Å². The molecule has 3 atom stereocenters. The molecule has 0 amide bonds. The largest absolute Gasteiger partial charge is 0.0883 e. The second-order valence-electron chi connectivity index (χ2n) is 3.88. The van der Waals surface area contributed by atoms with E-state index >= 15 is 0 Å². The quantitative estimate of drug-likeness (QED) is 0.449. The normalized spacial score (nSPS) is 45.5. The summed E-state index contributed by atoms with van der Waals surface area (Å²) in [6.45, 7) is 2.37. The van der Waals surface area contributed by atoms with Gasteiger partial charge in [0.15, 0.2) is 0 Å². The second-order valence-corrected chi connectivity index (χ2v) is 3.88. The Hall–Kier alpha value is -0.260. The lowest BCUT2D eigenvalue weighted by atomic mass is 9.98. The fraction of sp³-hybridized carbons (Fsp3) is 0.800. The average Bonchev–Trinajstić information content (AvgIpc) is 2.62. The van der Waals surface area contributed by atoms with E-state index in [1.165, 1.54) is 25.7 Å². The first-order chi connectivity index (χ1) is 4.88. The Bertz CT molecular complexity index is 146. The van der Waals surface area contributed by atoms with Crippen LogP contribution in [0.15, 0.2) is 12.2 Å². The van der Waals surface area contributed by atoms with Gasteiger partial charge in [-0.15, -0.1) is 0 Å². The van der Waals surface area contributed by atoms with Crippen LogP contribution in [0.25, 0.3) is 0 Å². The van der Waals surface area contributed by atoms with Crippen LogP contribution in [0.4, 0.5) is 0 Å². The van der Waals surface area contributed by atoms with Crippen LogP contribution >= 0.6 is 0 Å². The number of allylic oxidation sites excluding steroid dienone is 2. The monoisotopic (exact) mass is 136 g/mol. The first-order valence-corrected chi connectivity index (χ1v) is 4.54. The maximum absolute atomic E-state index is 2.42. The minimum absolute atomic E-state index is 0.880. The predicted octanol–water partition coefficient (Wildman–Crippen LogP) is 3.00. The first-order valence-electron chi connectivity index (χ1n) is 4.54. The minimum Gasteiger partial charge on any atom is -0.0883 e. The molecule has 0 heterocycles. The van der Waals surface area contributed by atoms with Crippen LogP contribution in [0.2, 0.25) is 0 Å². The van der Waals surface area contributed by atoms with Gasteiger partial charge < -0.3 is 0 Å². The van der Waals surface area contributed by atoms with Gasteiger partial charge in [0.25, 0.3) is 0 Å². The van der Waals surface area contributed by atoms with Crippen LogP contribution in [-0.2, 0) is 0 Å². The smallest absolute Gasteiger partial charge is 0.0231 e. The highest BCUT2D eigenvalue weighted by molar-refractivity contribution is 5.00. The molecule has 3 unspecified atom stereocenters. The van der Waals surface area contributed by atoms with Crippen molar-refractivity contribution in [1.29, 1.82) is 0 Å². The summed E-state index contributed by atoms with van der Waals surface area (Å²) in [5.41, 5.74) is 0. The zero-order valence-electron chi connectivity index (χ0n) is 6.72. The van der Waals surface area contributed by atoms with Crippen molar-refractivity contribution >= 4 is 0 Å². The maximum atomic E-state index is 2.42. The zero-order chi connectivity index (χ0) is 6.97. The molecule has 0 aliphatic heterocycles. The number of hydrogen-bond acceptors (Lipinski definition) is 0. The van der Waals surface area contributed by atoms with Crippen molar-refractivity contribution in [3.8, 4) is 0 Å². The van der Waals surface area contributed by atoms with Crippen LogP contribution in [0.5, 0.6) is 0 Å². The molecular formula is C10H16. The standard InChI is InChI=1S/C10H16/c1-8-5-3-2-4-6-9-7-10(8)9/h3,5,8-10H,2,4,6-7H2,1H3. The van der Waals surface area contributed by atoms with Crippen molar-refractivity contribution in [1.82, 2.24) is 0 Å². The van der Waals surface area contributed by atoms with Crippen molar-refractivity contribution in [3.63, 3.8) is 0 Å². The fourth-order valence-electron chi connectivity index (χ4n) is 2.20. The SMILES string of the molecule is CC1C=CCCCC2CC12. The summed E-state index contributed by atoms with van der Waals surface area (Å²) in [5.74, 6) is 3.06. The van der Waals surface area contributed by atoms with Crippen molar-refractivity contribution in [2.45, 2.75) is 32.6 Å². The summed E-state index contributed by atoms with van der Waals surface area (Å²) < 4.78 is 0. The molecule has 0 spiro atoms. The van der Waals surface area contributed by atoms with Crippen LogP contribution in [0, 0.1) is 17.8 Å². The summed E-state index contributed by atoms with van der Waals surface area (Å²) in [4.78, 5) is 0. The molecule has 10 heavy (non-hydrogen) atoms. The molecule has 1 fully saturated rings. The number of fused-ring (bicyclic) bond motifs is 1. The molecule has 0 aromatic carbocycles. The van der Waals surface area contributed by atoms with Gasteiger partial charge in [0.1, 0.15) is 0 Å². The third-order valence-corrected chi connectivity index (χ3v) is 3.04. The highest BCUT2D eigenvalue weighted by Crippen LogP contribution is 2.48. The topological polar surface area (TPSA) is 0 Å².